The zero-order valence-corrected chi connectivity index (χ0v) is 26.2. The molecule has 10 aromatic rings. The van der Waals surface area contributed by atoms with Crippen molar-refractivity contribution in [1.29, 1.82) is 0 Å². The molecule has 0 N–H and O–H groups in total. The molecule has 0 aliphatic carbocycles. The predicted octanol–water partition coefficient (Wildman–Crippen LogP) is 13.5. The highest BCUT2D eigenvalue weighted by Crippen LogP contribution is 2.49. The summed E-state index contributed by atoms with van der Waals surface area (Å²) in [6.45, 7) is 0. The van der Waals surface area contributed by atoms with E-state index in [0.29, 0.717) is 0 Å². The van der Waals surface area contributed by atoms with Crippen LogP contribution < -0.4 is 4.90 Å². The van der Waals surface area contributed by atoms with Crippen LogP contribution in [-0.2, 0) is 0 Å². The standard InChI is InChI=1S/C42H25NOS2/c1-2-11-26(12-3-1)28-15-8-16-31-32-17-9-19-35(42(32)44-41(28)31)43(27-23-24-30-29-13-4-6-20-36(29)46-39(30)25-27)34-18-10-22-38-40(34)33-14-5-7-21-37(33)45-38/h1-25H. The first kappa shape index (κ1) is 25.9. The Morgan fingerprint density at radius 2 is 1.02 bits per heavy atom. The molecule has 3 heterocycles. The number of hydrogen-bond donors (Lipinski definition) is 0. The lowest BCUT2D eigenvalue weighted by molar-refractivity contribution is 0.670. The molecule has 2 nitrogen and oxygen atoms in total. The highest BCUT2D eigenvalue weighted by atomic mass is 32.1. The van der Waals surface area contributed by atoms with E-state index in [4.69, 9.17) is 4.42 Å². The van der Waals surface area contributed by atoms with Crippen LogP contribution in [0.15, 0.2) is 156 Å². The number of benzene rings is 7. The van der Waals surface area contributed by atoms with Gasteiger partial charge in [0.15, 0.2) is 5.58 Å². The summed E-state index contributed by atoms with van der Waals surface area (Å²) in [7, 11) is 0. The lowest BCUT2D eigenvalue weighted by Gasteiger charge is -2.26. The van der Waals surface area contributed by atoms with Crippen molar-refractivity contribution in [3.05, 3.63) is 152 Å². The van der Waals surface area contributed by atoms with Crippen molar-refractivity contribution in [1.82, 2.24) is 0 Å². The van der Waals surface area contributed by atoms with Gasteiger partial charge < -0.3 is 9.32 Å². The van der Waals surface area contributed by atoms with Crippen LogP contribution in [0.4, 0.5) is 17.1 Å². The molecule has 0 bridgehead atoms. The molecular weight excluding hydrogens is 599 g/mol. The first-order valence-electron chi connectivity index (χ1n) is 15.4. The minimum absolute atomic E-state index is 0.883. The van der Waals surface area contributed by atoms with Crippen LogP contribution in [-0.4, -0.2) is 0 Å². The topological polar surface area (TPSA) is 16.4 Å². The Morgan fingerprint density at radius 1 is 0.413 bits per heavy atom. The molecule has 0 radical (unpaired) electrons. The molecule has 0 aliphatic heterocycles. The van der Waals surface area contributed by atoms with Crippen LogP contribution in [0.5, 0.6) is 0 Å². The number of hydrogen-bond acceptors (Lipinski definition) is 4. The average Bonchev–Trinajstić information content (AvgIpc) is 3.80. The number of thiophene rings is 2. The van der Waals surface area contributed by atoms with Gasteiger partial charge in [-0.25, -0.2) is 0 Å². The van der Waals surface area contributed by atoms with Crippen molar-refractivity contribution < 1.29 is 4.42 Å². The Labute approximate surface area is 273 Å². The average molecular weight is 624 g/mol. The smallest absolute Gasteiger partial charge is 0.159 e. The highest BCUT2D eigenvalue weighted by Gasteiger charge is 2.24. The molecule has 3 aromatic heterocycles. The summed E-state index contributed by atoms with van der Waals surface area (Å²) in [6, 6.07) is 54.6. The zero-order valence-electron chi connectivity index (χ0n) is 24.6. The maximum atomic E-state index is 6.97. The molecular formula is C42H25NOS2. The summed E-state index contributed by atoms with van der Waals surface area (Å²) >= 11 is 3.70. The van der Waals surface area contributed by atoms with Crippen LogP contribution in [0.3, 0.4) is 0 Å². The van der Waals surface area contributed by atoms with Crippen LogP contribution in [0.1, 0.15) is 0 Å². The van der Waals surface area contributed by atoms with E-state index >= 15 is 0 Å². The fourth-order valence-corrected chi connectivity index (χ4v) is 9.30. The lowest BCUT2D eigenvalue weighted by Crippen LogP contribution is -2.10. The Kier molecular flexibility index (Phi) is 5.65. The van der Waals surface area contributed by atoms with Gasteiger partial charge in [0.2, 0.25) is 0 Å². The van der Waals surface area contributed by atoms with Crippen molar-refractivity contribution in [3.8, 4) is 11.1 Å². The van der Waals surface area contributed by atoms with E-state index < -0.39 is 0 Å². The van der Waals surface area contributed by atoms with Gasteiger partial charge in [-0.2, -0.15) is 0 Å². The van der Waals surface area contributed by atoms with Gasteiger partial charge in [0.05, 0.1) is 11.4 Å². The van der Waals surface area contributed by atoms with Gasteiger partial charge in [0, 0.05) is 62.4 Å². The Morgan fingerprint density at radius 3 is 1.89 bits per heavy atom. The maximum absolute atomic E-state index is 6.97. The third-order valence-corrected chi connectivity index (χ3v) is 11.3. The molecule has 7 aromatic carbocycles. The summed E-state index contributed by atoms with van der Waals surface area (Å²) < 4.78 is 12.1. The normalized spacial score (nSPS) is 11.9. The SMILES string of the molecule is c1ccc(-c2cccc3c2oc2c(N(c4ccc5c(c4)sc4ccccc45)c4cccc5sc6ccccc6c45)cccc23)cc1. The second-order valence-corrected chi connectivity index (χ2v) is 13.8. The Bertz CT molecular complexity index is 2770. The molecule has 0 amide bonds. The van der Waals surface area contributed by atoms with E-state index in [0.717, 1.165) is 50.1 Å². The lowest BCUT2D eigenvalue weighted by atomic mass is 10.0. The Balaban J connectivity index is 1.30. The molecule has 0 fully saturated rings. The quantitative estimate of drug-likeness (QED) is 0.194. The number of furan rings is 1. The molecule has 10 rings (SSSR count). The van der Waals surface area contributed by atoms with Crippen LogP contribution >= 0.6 is 22.7 Å². The van der Waals surface area contributed by atoms with Gasteiger partial charge in [-0.1, -0.05) is 109 Å². The summed E-state index contributed by atoms with van der Waals surface area (Å²) in [5.41, 5.74) is 7.32. The monoisotopic (exact) mass is 623 g/mol. The molecule has 0 aliphatic rings. The van der Waals surface area contributed by atoms with Crippen LogP contribution in [0, 0.1) is 0 Å². The Hall–Kier alpha value is -5.42. The summed E-state index contributed by atoms with van der Waals surface area (Å²) in [5.74, 6) is 0. The van der Waals surface area contributed by atoms with E-state index in [1.807, 2.05) is 22.7 Å². The number of rotatable bonds is 4. The van der Waals surface area contributed by atoms with Crippen molar-refractivity contribution >= 4 is 102 Å². The molecule has 0 saturated carbocycles. The second kappa shape index (κ2) is 10.0. The van der Waals surface area contributed by atoms with Crippen LogP contribution in [0.2, 0.25) is 0 Å². The number of nitrogens with zero attached hydrogens (tertiary/aromatic N) is 1. The van der Waals surface area contributed by atoms with E-state index in [1.165, 1.54) is 40.3 Å². The molecule has 216 valence electrons. The predicted molar refractivity (Wildman–Crippen MR) is 200 cm³/mol. The molecule has 46 heavy (non-hydrogen) atoms. The van der Waals surface area contributed by atoms with E-state index in [-0.39, 0.29) is 0 Å². The second-order valence-electron chi connectivity index (χ2n) is 11.7. The first-order chi connectivity index (χ1) is 22.8. The fourth-order valence-electron chi connectivity index (χ4n) is 7.03. The van der Waals surface area contributed by atoms with Crippen molar-refractivity contribution in [2.75, 3.05) is 4.90 Å². The van der Waals surface area contributed by atoms with Crippen LogP contribution in [0.25, 0.3) is 73.4 Å². The first-order valence-corrected chi connectivity index (χ1v) is 17.1. The van der Waals surface area contributed by atoms with Gasteiger partial charge >= 0.3 is 0 Å². The molecule has 0 spiro atoms. The highest BCUT2D eigenvalue weighted by molar-refractivity contribution is 7.26. The van der Waals surface area contributed by atoms with Crippen molar-refractivity contribution in [3.63, 3.8) is 0 Å². The van der Waals surface area contributed by atoms with E-state index in [9.17, 15) is 0 Å². The van der Waals surface area contributed by atoms with Crippen molar-refractivity contribution in [2.45, 2.75) is 0 Å². The number of para-hydroxylation sites is 2. The molecule has 4 heteroatoms. The van der Waals surface area contributed by atoms with E-state index in [2.05, 4.69) is 157 Å². The largest absolute Gasteiger partial charge is 0.453 e. The molecule has 0 unspecified atom stereocenters. The number of anilines is 3. The van der Waals surface area contributed by atoms with Gasteiger partial charge in [0.25, 0.3) is 0 Å². The third-order valence-electron chi connectivity index (χ3n) is 9.07. The van der Waals surface area contributed by atoms with Gasteiger partial charge in [0.1, 0.15) is 5.58 Å². The van der Waals surface area contributed by atoms with Gasteiger partial charge in [-0.15, -0.1) is 22.7 Å². The number of fused-ring (bicyclic) bond motifs is 9. The van der Waals surface area contributed by atoms with Gasteiger partial charge in [-0.3, -0.25) is 0 Å². The molecule has 0 atom stereocenters. The van der Waals surface area contributed by atoms with Crippen molar-refractivity contribution in [2.24, 2.45) is 0 Å². The minimum Gasteiger partial charge on any atom is -0.453 e. The summed E-state index contributed by atoms with van der Waals surface area (Å²) in [5, 5.41) is 7.36. The summed E-state index contributed by atoms with van der Waals surface area (Å²) in [6.07, 6.45) is 0. The third kappa shape index (κ3) is 3.81. The minimum atomic E-state index is 0.883. The fraction of sp³-hybridized carbons (Fsp3) is 0. The zero-order chi connectivity index (χ0) is 30.2. The maximum Gasteiger partial charge on any atom is 0.159 e. The molecule has 0 saturated heterocycles. The van der Waals surface area contributed by atoms with E-state index in [1.54, 1.807) is 0 Å². The summed E-state index contributed by atoms with van der Waals surface area (Å²) in [4.78, 5) is 2.41. The van der Waals surface area contributed by atoms with Gasteiger partial charge in [-0.05, 0) is 48.0 Å².